The van der Waals surface area contributed by atoms with E-state index in [0.717, 1.165) is 6.42 Å². The third kappa shape index (κ3) is 0.705. The first kappa shape index (κ1) is 5.45. The lowest BCUT2D eigenvalue weighted by molar-refractivity contribution is 0.0949. The van der Waals surface area contributed by atoms with Gasteiger partial charge < -0.3 is 9.84 Å². The molecule has 2 rings (SSSR count). The lowest BCUT2D eigenvalue weighted by Crippen LogP contribution is -2.16. The molecule has 2 nitrogen and oxygen atoms in total. The number of fused-ring (bicyclic) bond motifs is 2. The van der Waals surface area contributed by atoms with Crippen LogP contribution in [-0.4, -0.2) is 23.9 Å². The Morgan fingerprint density at radius 2 is 2.44 bits per heavy atom. The van der Waals surface area contributed by atoms with Crippen LogP contribution in [-0.2, 0) is 4.74 Å². The molecular weight excluding hydrogens is 116 g/mol. The van der Waals surface area contributed by atoms with Crippen molar-refractivity contribution in [3.05, 3.63) is 12.2 Å². The number of ether oxygens (including phenoxy) is 1. The Labute approximate surface area is 54.1 Å². The molecule has 0 aliphatic carbocycles. The van der Waals surface area contributed by atoms with Crippen LogP contribution in [0.3, 0.4) is 0 Å². The molecule has 2 aliphatic rings. The first-order valence-corrected chi connectivity index (χ1v) is 3.35. The topological polar surface area (TPSA) is 29.5 Å². The number of hydrogen-bond donors (Lipinski definition) is 1. The molecule has 0 aromatic rings. The van der Waals surface area contributed by atoms with Gasteiger partial charge in [-0.3, -0.25) is 0 Å². The highest BCUT2D eigenvalue weighted by Crippen LogP contribution is 2.32. The Balaban J connectivity index is 2.10. The van der Waals surface area contributed by atoms with Gasteiger partial charge in [0, 0.05) is 12.5 Å². The molecule has 2 aliphatic heterocycles. The van der Waals surface area contributed by atoms with Crippen LogP contribution in [0.15, 0.2) is 12.2 Å². The van der Waals surface area contributed by atoms with Crippen molar-refractivity contribution >= 4 is 0 Å². The first-order valence-electron chi connectivity index (χ1n) is 3.35. The molecule has 0 amide bonds. The van der Waals surface area contributed by atoms with E-state index in [9.17, 15) is 0 Å². The van der Waals surface area contributed by atoms with Crippen LogP contribution in [0.25, 0.3) is 0 Å². The summed E-state index contributed by atoms with van der Waals surface area (Å²) in [6.07, 6.45) is 5.68. The van der Waals surface area contributed by atoms with Gasteiger partial charge in [0.2, 0.25) is 0 Å². The summed E-state index contributed by atoms with van der Waals surface area (Å²) in [5, 5.41) is 8.77. The standard InChI is InChI=1S/C7H10O2/c8-4-5-3-6-1-2-7(5)9-6/h1-2,5-8H,3-4H2/t5-,6-,7+/m1/s1. The molecule has 0 saturated carbocycles. The van der Waals surface area contributed by atoms with Gasteiger partial charge in [0.1, 0.15) is 0 Å². The van der Waals surface area contributed by atoms with E-state index in [1.165, 1.54) is 0 Å². The molecule has 1 saturated heterocycles. The van der Waals surface area contributed by atoms with E-state index in [1.807, 2.05) is 0 Å². The molecule has 0 aromatic carbocycles. The quantitative estimate of drug-likeness (QED) is 0.513. The van der Waals surface area contributed by atoms with Crippen LogP contribution in [0, 0.1) is 5.92 Å². The van der Waals surface area contributed by atoms with Crippen LogP contribution in [0.1, 0.15) is 6.42 Å². The Hall–Kier alpha value is -0.340. The zero-order valence-electron chi connectivity index (χ0n) is 5.16. The van der Waals surface area contributed by atoms with Gasteiger partial charge in [0.05, 0.1) is 12.2 Å². The highest BCUT2D eigenvalue weighted by Gasteiger charge is 2.35. The summed E-state index contributed by atoms with van der Waals surface area (Å²) >= 11 is 0. The lowest BCUT2D eigenvalue weighted by Gasteiger charge is -2.10. The fourth-order valence-electron chi connectivity index (χ4n) is 1.54. The Bertz CT molecular complexity index is 142. The van der Waals surface area contributed by atoms with Crippen LogP contribution >= 0.6 is 0 Å². The summed E-state index contributed by atoms with van der Waals surface area (Å²) in [7, 11) is 0. The molecule has 3 atom stereocenters. The summed E-state index contributed by atoms with van der Waals surface area (Å²) in [6, 6.07) is 0. The van der Waals surface area contributed by atoms with Gasteiger partial charge in [-0.15, -0.1) is 0 Å². The highest BCUT2D eigenvalue weighted by atomic mass is 16.5. The van der Waals surface area contributed by atoms with Crippen molar-refractivity contribution in [1.29, 1.82) is 0 Å². The summed E-state index contributed by atoms with van der Waals surface area (Å²) in [5.74, 6) is 0.375. The predicted molar refractivity (Wildman–Crippen MR) is 33.0 cm³/mol. The smallest absolute Gasteiger partial charge is 0.0815 e. The SMILES string of the molecule is OC[C@H]1C[C@H]2C=C[C@@H]1O2. The van der Waals surface area contributed by atoms with Gasteiger partial charge in [-0.2, -0.15) is 0 Å². The van der Waals surface area contributed by atoms with Gasteiger partial charge in [-0.05, 0) is 6.42 Å². The summed E-state index contributed by atoms with van der Waals surface area (Å²) in [6.45, 7) is 0.269. The van der Waals surface area contributed by atoms with Crippen LogP contribution in [0.5, 0.6) is 0 Å². The lowest BCUT2D eigenvalue weighted by atomic mass is 9.95. The van der Waals surface area contributed by atoms with E-state index in [0.29, 0.717) is 12.0 Å². The van der Waals surface area contributed by atoms with E-state index >= 15 is 0 Å². The van der Waals surface area contributed by atoms with Crippen LogP contribution in [0.2, 0.25) is 0 Å². The van der Waals surface area contributed by atoms with E-state index in [1.54, 1.807) is 0 Å². The Morgan fingerprint density at radius 1 is 1.56 bits per heavy atom. The van der Waals surface area contributed by atoms with Crippen molar-refractivity contribution in [2.24, 2.45) is 5.92 Å². The Morgan fingerprint density at radius 3 is 2.78 bits per heavy atom. The van der Waals surface area contributed by atoms with Crippen molar-refractivity contribution < 1.29 is 9.84 Å². The van der Waals surface area contributed by atoms with E-state index in [2.05, 4.69) is 12.2 Å². The molecule has 1 N–H and O–H groups in total. The van der Waals surface area contributed by atoms with Gasteiger partial charge in [0.15, 0.2) is 0 Å². The molecule has 2 heteroatoms. The maximum absolute atomic E-state index is 8.77. The maximum Gasteiger partial charge on any atom is 0.0815 e. The first-order chi connectivity index (χ1) is 4.40. The Kier molecular flexibility index (Phi) is 1.10. The summed E-state index contributed by atoms with van der Waals surface area (Å²) in [5.41, 5.74) is 0. The van der Waals surface area contributed by atoms with Crippen molar-refractivity contribution in [1.82, 2.24) is 0 Å². The second-order valence-corrected chi connectivity index (χ2v) is 2.70. The number of aliphatic hydroxyl groups is 1. The average molecular weight is 126 g/mol. The molecule has 0 unspecified atom stereocenters. The van der Waals surface area contributed by atoms with Gasteiger partial charge in [-0.25, -0.2) is 0 Å². The number of aliphatic hydroxyl groups excluding tert-OH is 1. The fraction of sp³-hybridized carbons (Fsp3) is 0.714. The van der Waals surface area contributed by atoms with E-state index in [-0.39, 0.29) is 12.7 Å². The molecule has 1 fully saturated rings. The predicted octanol–water partition coefficient (Wildman–Crippen LogP) is 0.322. The van der Waals surface area contributed by atoms with Crippen molar-refractivity contribution in [3.8, 4) is 0 Å². The zero-order chi connectivity index (χ0) is 6.27. The number of rotatable bonds is 1. The molecule has 2 bridgehead atoms. The van der Waals surface area contributed by atoms with E-state index < -0.39 is 0 Å². The monoisotopic (exact) mass is 126 g/mol. The molecular formula is C7H10O2. The highest BCUT2D eigenvalue weighted by molar-refractivity contribution is 5.10. The van der Waals surface area contributed by atoms with Crippen molar-refractivity contribution in [3.63, 3.8) is 0 Å². The van der Waals surface area contributed by atoms with Crippen molar-refractivity contribution in [2.45, 2.75) is 18.6 Å². The summed E-state index contributed by atoms with van der Waals surface area (Å²) in [4.78, 5) is 0. The largest absolute Gasteiger partial charge is 0.396 e. The summed E-state index contributed by atoms with van der Waals surface area (Å²) < 4.78 is 5.40. The van der Waals surface area contributed by atoms with Crippen LogP contribution < -0.4 is 0 Å². The molecule has 0 aromatic heterocycles. The van der Waals surface area contributed by atoms with Crippen LogP contribution in [0.4, 0.5) is 0 Å². The zero-order valence-corrected chi connectivity index (χ0v) is 5.16. The van der Waals surface area contributed by atoms with Crippen molar-refractivity contribution in [2.75, 3.05) is 6.61 Å². The minimum atomic E-state index is 0.222. The third-order valence-corrected chi connectivity index (χ3v) is 2.08. The van der Waals surface area contributed by atoms with Gasteiger partial charge in [0.25, 0.3) is 0 Å². The third-order valence-electron chi connectivity index (χ3n) is 2.08. The molecule has 9 heavy (non-hydrogen) atoms. The minimum Gasteiger partial charge on any atom is -0.396 e. The normalized spacial score (nSPS) is 46.6. The second kappa shape index (κ2) is 1.82. The molecule has 0 spiro atoms. The fourth-order valence-corrected chi connectivity index (χ4v) is 1.54. The molecule has 0 radical (unpaired) electrons. The minimum absolute atomic E-state index is 0.222. The van der Waals surface area contributed by atoms with Gasteiger partial charge in [-0.1, -0.05) is 12.2 Å². The molecule has 50 valence electrons. The van der Waals surface area contributed by atoms with Gasteiger partial charge >= 0.3 is 0 Å². The average Bonchev–Trinajstić information content (AvgIpc) is 2.45. The maximum atomic E-state index is 8.77. The molecule has 2 heterocycles. The number of hydrogen-bond acceptors (Lipinski definition) is 2. The second-order valence-electron chi connectivity index (χ2n) is 2.70. The van der Waals surface area contributed by atoms with E-state index in [4.69, 9.17) is 9.84 Å².